The number of nitrogens with one attached hydrogen (secondary N) is 1. The van der Waals surface area contributed by atoms with Crippen LogP contribution < -0.4 is 9.46 Å². The average molecular weight is 479 g/mol. The minimum atomic E-state index is -0.983. The Morgan fingerprint density at radius 2 is 1.82 bits per heavy atom. The zero-order valence-corrected chi connectivity index (χ0v) is 20.7. The summed E-state index contributed by atoms with van der Waals surface area (Å²) in [6, 6.07) is 8.70. The molecular formula is C28H34N2O3S. The molecule has 6 heteroatoms. The molecule has 2 aliphatic carbocycles. The molecule has 0 bridgehead atoms. The Morgan fingerprint density at radius 3 is 2.56 bits per heavy atom. The highest BCUT2D eigenvalue weighted by Gasteiger charge is 2.26. The molecule has 0 aliphatic heterocycles. The van der Waals surface area contributed by atoms with Crippen molar-refractivity contribution >= 4 is 23.6 Å². The zero-order valence-electron chi connectivity index (χ0n) is 19.9. The van der Waals surface area contributed by atoms with Gasteiger partial charge in [0.05, 0.1) is 18.4 Å². The fourth-order valence-electron chi connectivity index (χ4n) is 5.27. The van der Waals surface area contributed by atoms with Gasteiger partial charge in [0.25, 0.3) is 0 Å². The molecular weight excluding hydrogens is 444 g/mol. The number of carbonyl (C=O) groups is 1. The number of aromatic nitrogens is 1. The normalized spacial score (nSPS) is 21.1. The third kappa shape index (κ3) is 6.70. The Labute approximate surface area is 207 Å². The minimum absolute atomic E-state index is 0.187. The Balaban J connectivity index is 1.29. The van der Waals surface area contributed by atoms with E-state index in [2.05, 4.69) is 21.5 Å². The zero-order chi connectivity index (χ0) is 23.8. The van der Waals surface area contributed by atoms with Crippen molar-refractivity contribution in [1.82, 2.24) is 4.98 Å². The summed E-state index contributed by atoms with van der Waals surface area (Å²) in [5, 5.41) is 9.94. The molecule has 0 radical (unpaired) electrons. The lowest BCUT2D eigenvalue weighted by atomic mass is 9.77. The SMILES string of the molecule is COc1cc(C(=O)O)ccc1NSc1ccc(C#CC2CCCC(C3CCCCC3)CC2)cn1. The van der Waals surface area contributed by atoms with Crippen LogP contribution in [0.15, 0.2) is 41.6 Å². The average Bonchev–Trinajstić information content (AvgIpc) is 3.13. The summed E-state index contributed by atoms with van der Waals surface area (Å²) in [7, 11) is 1.52. The molecule has 1 aromatic carbocycles. The predicted octanol–water partition coefficient (Wildman–Crippen LogP) is 7.04. The van der Waals surface area contributed by atoms with Crippen LogP contribution in [-0.4, -0.2) is 23.2 Å². The monoisotopic (exact) mass is 478 g/mol. The summed E-state index contributed by atoms with van der Waals surface area (Å²) in [4.78, 5) is 15.7. The Kier molecular flexibility index (Phi) is 8.76. The molecule has 2 atom stereocenters. The van der Waals surface area contributed by atoms with E-state index in [1.807, 2.05) is 18.3 Å². The summed E-state index contributed by atoms with van der Waals surface area (Å²) in [6.45, 7) is 0. The fourth-order valence-corrected chi connectivity index (χ4v) is 5.89. The van der Waals surface area contributed by atoms with Gasteiger partial charge in [0.2, 0.25) is 0 Å². The first kappa shape index (κ1) is 24.5. The van der Waals surface area contributed by atoms with Gasteiger partial charge in [-0.2, -0.15) is 0 Å². The number of anilines is 1. The molecule has 2 fully saturated rings. The van der Waals surface area contributed by atoms with Crippen molar-refractivity contribution in [2.75, 3.05) is 11.8 Å². The van der Waals surface area contributed by atoms with Crippen LogP contribution in [0.1, 0.15) is 80.1 Å². The number of ether oxygens (including phenoxy) is 1. The molecule has 1 aromatic heterocycles. The standard InChI is InChI=1S/C28H34N2O3S/c1-33-26-18-24(28(31)32)15-16-25(26)30-34-27-17-13-21(19-29-27)11-10-20-6-5-9-23(14-12-20)22-7-3-2-4-8-22/h13,15-20,22-23,30H,2-9,12,14H2,1H3,(H,31,32). The van der Waals surface area contributed by atoms with E-state index in [-0.39, 0.29) is 5.56 Å². The first-order valence-corrected chi connectivity index (χ1v) is 13.3. The minimum Gasteiger partial charge on any atom is -0.495 e. The van der Waals surface area contributed by atoms with Crippen molar-refractivity contribution in [3.8, 4) is 17.6 Å². The Hall–Kier alpha value is -2.65. The molecule has 0 saturated heterocycles. The molecule has 2 aromatic rings. The van der Waals surface area contributed by atoms with Crippen molar-refractivity contribution in [3.05, 3.63) is 47.7 Å². The number of carboxylic acid groups (broad SMARTS) is 1. The number of methoxy groups -OCH3 is 1. The Morgan fingerprint density at radius 1 is 1.03 bits per heavy atom. The summed E-state index contributed by atoms with van der Waals surface area (Å²) in [5.74, 6) is 8.78. The van der Waals surface area contributed by atoms with E-state index in [1.165, 1.54) is 89.3 Å². The van der Waals surface area contributed by atoms with Crippen LogP contribution in [-0.2, 0) is 0 Å². The first-order valence-electron chi connectivity index (χ1n) is 12.4. The highest BCUT2D eigenvalue weighted by atomic mass is 32.2. The predicted molar refractivity (Wildman–Crippen MR) is 137 cm³/mol. The van der Waals surface area contributed by atoms with Crippen molar-refractivity contribution < 1.29 is 14.6 Å². The summed E-state index contributed by atoms with van der Waals surface area (Å²) >= 11 is 1.35. The number of carboxylic acids is 1. The lowest BCUT2D eigenvalue weighted by Gasteiger charge is -2.29. The third-order valence-corrected chi connectivity index (χ3v) is 7.97. The van der Waals surface area contributed by atoms with E-state index in [0.717, 1.165) is 22.4 Å². The van der Waals surface area contributed by atoms with Crippen molar-refractivity contribution in [1.29, 1.82) is 0 Å². The smallest absolute Gasteiger partial charge is 0.335 e. The largest absolute Gasteiger partial charge is 0.495 e. The van der Waals surface area contributed by atoms with Crippen LogP contribution in [0.5, 0.6) is 5.75 Å². The second kappa shape index (κ2) is 12.2. The quantitative estimate of drug-likeness (QED) is 0.264. The van der Waals surface area contributed by atoms with Crippen LogP contribution >= 0.6 is 11.9 Å². The van der Waals surface area contributed by atoms with Crippen LogP contribution in [0.4, 0.5) is 5.69 Å². The molecule has 2 aliphatic rings. The highest BCUT2D eigenvalue weighted by Crippen LogP contribution is 2.38. The summed E-state index contributed by atoms with van der Waals surface area (Å²) < 4.78 is 8.49. The van der Waals surface area contributed by atoms with Gasteiger partial charge in [0.15, 0.2) is 0 Å². The van der Waals surface area contributed by atoms with Gasteiger partial charge in [0, 0.05) is 29.6 Å². The Bertz CT molecular complexity index is 1020. The summed E-state index contributed by atoms with van der Waals surface area (Å²) in [6.07, 6.45) is 15.6. The van der Waals surface area contributed by atoms with Crippen molar-refractivity contribution in [2.24, 2.45) is 17.8 Å². The van der Waals surface area contributed by atoms with Crippen LogP contribution in [0.25, 0.3) is 0 Å². The molecule has 0 spiro atoms. The van der Waals surface area contributed by atoms with Gasteiger partial charge < -0.3 is 14.6 Å². The molecule has 2 saturated carbocycles. The van der Waals surface area contributed by atoms with Crippen molar-refractivity contribution in [3.63, 3.8) is 0 Å². The molecule has 180 valence electrons. The first-order chi connectivity index (χ1) is 16.6. The van der Waals surface area contributed by atoms with E-state index in [1.54, 1.807) is 12.1 Å². The number of aromatic carboxylic acids is 1. The molecule has 2 unspecified atom stereocenters. The third-order valence-electron chi connectivity index (χ3n) is 7.20. The van der Waals surface area contributed by atoms with Gasteiger partial charge in [-0.3, -0.25) is 0 Å². The van der Waals surface area contributed by atoms with E-state index < -0.39 is 5.97 Å². The molecule has 1 heterocycles. The maximum atomic E-state index is 11.1. The van der Waals surface area contributed by atoms with Crippen molar-refractivity contribution in [2.45, 2.75) is 69.2 Å². The van der Waals surface area contributed by atoms with E-state index in [0.29, 0.717) is 17.4 Å². The van der Waals surface area contributed by atoms with Gasteiger partial charge in [-0.1, -0.05) is 56.8 Å². The maximum Gasteiger partial charge on any atom is 0.335 e. The lowest BCUT2D eigenvalue weighted by molar-refractivity contribution is 0.0696. The second-order valence-corrected chi connectivity index (χ2v) is 10.3. The van der Waals surface area contributed by atoms with Gasteiger partial charge in [-0.15, -0.1) is 0 Å². The lowest BCUT2D eigenvalue weighted by Crippen LogP contribution is -2.17. The number of rotatable bonds is 6. The number of pyridine rings is 1. The van der Waals surface area contributed by atoms with Crippen LogP contribution in [0.2, 0.25) is 0 Å². The molecule has 0 amide bonds. The second-order valence-electron chi connectivity index (χ2n) is 9.44. The molecule has 2 N–H and O–H groups in total. The van der Waals surface area contributed by atoms with E-state index >= 15 is 0 Å². The topological polar surface area (TPSA) is 71.5 Å². The molecule has 4 rings (SSSR count). The van der Waals surface area contributed by atoms with Gasteiger partial charge in [-0.25, -0.2) is 9.78 Å². The van der Waals surface area contributed by atoms with Crippen LogP contribution in [0.3, 0.4) is 0 Å². The summed E-state index contributed by atoms with van der Waals surface area (Å²) in [5.41, 5.74) is 1.83. The van der Waals surface area contributed by atoms with Crippen LogP contribution in [0, 0.1) is 29.6 Å². The maximum absolute atomic E-state index is 11.1. The molecule has 34 heavy (non-hydrogen) atoms. The van der Waals surface area contributed by atoms with Gasteiger partial charge in [0.1, 0.15) is 10.8 Å². The van der Waals surface area contributed by atoms with E-state index in [9.17, 15) is 4.79 Å². The molecule has 5 nitrogen and oxygen atoms in total. The number of benzene rings is 1. The number of hydrogen-bond acceptors (Lipinski definition) is 5. The van der Waals surface area contributed by atoms with E-state index in [4.69, 9.17) is 9.84 Å². The van der Waals surface area contributed by atoms with Gasteiger partial charge in [-0.05, 0) is 61.4 Å². The van der Waals surface area contributed by atoms with Gasteiger partial charge >= 0.3 is 5.97 Å². The number of nitrogens with zero attached hydrogens (tertiary/aromatic N) is 1. The highest BCUT2D eigenvalue weighted by molar-refractivity contribution is 8.00. The number of hydrogen-bond donors (Lipinski definition) is 2. The fraction of sp³-hybridized carbons (Fsp3) is 0.500.